The average molecular weight is 277 g/mol. The van der Waals surface area contributed by atoms with Gasteiger partial charge in [0.05, 0.1) is 0 Å². The molecule has 1 rings (SSSR count). The number of alkyl halides is 2. The van der Waals surface area contributed by atoms with Gasteiger partial charge in [0.25, 0.3) is 5.76 Å². The van der Waals surface area contributed by atoms with Crippen molar-refractivity contribution in [1.29, 1.82) is 0 Å². The van der Waals surface area contributed by atoms with E-state index in [9.17, 15) is 8.78 Å². The molecule has 0 saturated heterocycles. The first kappa shape index (κ1) is 14.9. The molecule has 18 heavy (non-hydrogen) atoms. The van der Waals surface area contributed by atoms with Gasteiger partial charge in [-0.05, 0) is 18.2 Å². The Morgan fingerprint density at radius 1 is 1.17 bits per heavy atom. The summed E-state index contributed by atoms with van der Waals surface area (Å²) in [5.41, 5.74) is 0. The molecule has 0 fully saturated rings. The topological polar surface area (TPSA) is 62.7 Å². The summed E-state index contributed by atoms with van der Waals surface area (Å²) < 4.78 is 24.5. The molecule has 0 aliphatic rings. The fraction of sp³-hybridized carbons (Fsp3) is 0.700. The van der Waals surface area contributed by atoms with E-state index in [1.807, 2.05) is 0 Å². The summed E-state index contributed by atoms with van der Waals surface area (Å²) in [6.45, 7) is 2.83. The van der Waals surface area contributed by atoms with E-state index in [-0.39, 0.29) is 11.1 Å². The lowest BCUT2D eigenvalue weighted by Crippen LogP contribution is -2.09. The zero-order valence-corrected chi connectivity index (χ0v) is 11.2. The number of thioether (sulfide) groups is 1. The van der Waals surface area contributed by atoms with Gasteiger partial charge in [-0.15, -0.1) is 0 Å². The summed E-state index contributed by atoms with van der Waals surface area (Å²) in [5, 5.41) is 5.75. The summed E-state index contributed by atoms with van der Waals surface area (Å²) in [6, 6.07) is 0. The number of rotatable bonds is 8. The minimum Gasteiger partial charge on any atom is -0.357 e. The molecule has 0 bridgehead atoms. The summed E-state index contributed by atoms with van der Waals surface area (Å²) in [7, 11) is 1.63. The normalized spacial score (nSPS) is 10.7. The van der Waals surface area contributed by atoms with E-state index in [2.05, 4.69) is 32.5 Å². The maximum absolute atomic E-state index is 12.3. The van der Waals surface area contributed by atoms with Crippen molar-refractivity contribution in [1.82, 2.24) is 15.0 Å². The Morgan fingerprint density at radius 3 is 2.50 bits per heavy atom. The molecular formula is C10H17F2N5S. The molecule has 0 aromatic carbocycles. The summed E-state index contributed by atoms with van der Waals surface area (Å²) >= 11 is 0.310. The van der Waals surface area contributed by atoms with E-state index in [0.29, 0.717) is 17.7 Å². The molecule has 0 amide bonds. The number of hydrogen-bond acceptors (Lipinski definition) is 6. The highest BCUT2D eigenvalue weighted by molar-refractivity contribution is 7.99. The molecule has 0 aliphatic heterocycles. The van der Waals surface area contributed by atoms with E-state index in [4.69, 9.17) is 0 Å². The van der Waals surface area contributed by atoms with Crippen molar-refractivity contribution < 1.29 is 8.78 Å². The van der Waals surface area contributed by atoms with Gasteiger partial charge in [-0.1, -0.05) is 19.8 Å². The van der Waals surface area contributed by atoms with Crippen molar-refractivity contribution in [3.63, 3.8) is 0 Å². The van der Waals surface area contributed by atoms with E-state index < -0.39 is 5.76 Å². The molecular weight excluding hydrogens is 260 g/mol. The molecule has 0 unspecified atom stereocenters. The van der Waals surface area contributed by atoms with Gasteiger partial charge in [0.15, 0.2) is 5.16 Å². The quantitative estimate of drug-likeness (QED) is 0.563. The third-order valence-electron chi connectivity index (χ3n) is 2.10. The second-order valence-electron chi connectivity index (χ2n) is 3.53. The van der Waals surface area contributed by atoms with Crippen LogP contribution in [0.5, 0.6) is 0 Å². The lowest BCUT2D eigenvalue weighted by molar-refractivity contribution is 0.251. The van der Waals surface area contributed by atoms with Crippen molar-refractivity contribution in [2.75, 3.05) is 24.2 Å². The number of unbranched alkanes of at least 4 members (excludes halogenated alkanes) is 2. The van der Waals surface area contributed by atoms with Crippen molar-refractivity contribution in [2.45, 2.75) is 37.1 Å². The predicted octanol–water partition coefficient (Wildman–Crippen LogP) is 2.83. The Balaban J connectivity index is 2.64. The van der Waals surface area contributed by atoms with Gasteiger partial charge < -0.3 is 10.6 Å². The molecule has 102 valence electrons. The van der Waals surface area contributed by atoms with Crippen LogP contribution in [0.25, 0.3) is 0 Å². The van der Waals surface area contributed by atoms with Crippen LogP contribution < -0.4 is 10.6 Å². The summed E-state index contributed by atoms with van der Waals surface area (Å²) in [6.07, 6.45) is 3.22. The number of nitrogens with zero attached hydrogens (tertiary/aromatic N) is 3. The summed E-state index contributed by atoms with van der Waals surface area (Å²) in [5.74, 6) is -1.93. The number of halogens is 2. The fourth-order valence-electron chi connectivity index (χ4n) is 1.25. The van der Waals surface area contributed by atoms with Crippen molar-refractivity contribution >= 4 is 23.7 Å². The van der Waals surface area contributed by atoms with Crippen LogP contribution in [0.4, 0.5) is 20.7 Å². The maximum Gasteiger partial charge on any atom is 0.291 e. The Morgan fingerprint density at radius 2 is 1.89 bits per heavy atom. The van der Waals surface area contributed by atoms with Gasteiger partial charge in [-0.2, -0.15) is 23.7 Å². The van der Waals surface area contributed by atoms with Gasteiger partial charge in [-0.25, -0.2) is 0 Å². The van der Waals surface area contributed by atoms with Crippen LogP contribution in [0.1, 0.15) is 26.2 Å². The molecule has 0 atom stereocenters. The SMILES string of the molecule is CCCCCNc1nc(NC)nc(SC(F)F)n1. The van der Waals surface area contributed by atoms with Crippen LogP contribution in [0, 0.1) is 0 Å². The smallest absolute Gasteiger partial charge is 0.291 e. The molecule has 0 spiro atoms. The molecule has 0 radical (unpaired) electrons. The van der Waals surface area contributed by atoms with E-state index in [1.165, 1.54) is 0 Å². The van der Waals surface area contributed by atoms with Crippen LogP contribution in [0.2, 0.25) is 0 Å². The lowest BCUT2D eigenvalue weighted by Gasteiger charge is -2.07. The molecule has 2 N–H and O–H groups in total. The first-order valence-electron chi connectivity index (χ1n) is 5.78. The fourth-order valence-corrected chi connectivity index (χ4v) is 1.69. The van der Waals surface area contributed by atoms with E-state index in [0.717, 1.165) is 25.8 Å². The highest BCUT2D eigenvalue weighted by Crippen LogP contribution is 2.23. The minimum absolute atomic E-state index is 0.0161. The van der Waals surface area contributed by atoms with Crippen LogP contribution in [0.15, 0.2) is 5.16 Å². The molecule has 0 saturated carbocycles. The van der Waals surface area contributed by atoms with Gasteiger partial charge in [0, 0.05) is 13.6 Å². The third kappa shape index (κ3) is 5.44. The third-order valence-corrected chi connectivity index (χ3v) is 2.67. The molecule has 5 nitrogen and oxygen atoms in total. The molecule has 1 heterocycles. The Kier molecular flexibility index (Phi) is 6.63. The number of anilines is 2. The first-order chi connectivity index (χ1) is 8.65. The van der Waals surface area contributed by atoms with Gasteiger partial charge in [-0.3, -0.25) is 0 Å². The largest absolute Gasteiger partial charge is 0.357 e. The average Bonchev–Trinajstić information content (AvgIpc) is 2.33. The van der Waals surface area contributed by atoms with Crippen molar-refractivity contribution in [3.05, 3.63) is 0 Å². The van der Waals surface area contributed by atoms with Gasteiger partial charge >= 0.3 is 0 Å². The first-order valence-corrected chi connectivity index (χ1v) is 6.66. The molecule has 1 aromatic rings. The second-order valence-corrected chi connectivity index (χ2v) is 4.48. The zero-order valence-electron chi connectivity index (χ0n) is 10.4. The lowest BCUT2D eigenvalue weighted by atomic mass is 10.2. The Hall–Kier alpha value is -1.18. The number of aromatic nitrogens is 3. The molecule has 0 aliphatic carbocycles. The van der Waals surface area contributed by atoms with Crippen molar-refractivity contribution in [3.8, 4) is 0 Å². The Labute approximate surface area is 109 Å². The van der Waals surface area contributed by atoms with Crippen LogP contribution in [-0.4, -0.2) is 34.3 Å². The Bertz CT molecular complexity index is 364. The minimum atomic E-state index is -2.54. The zero-order chi connectivity index (χ0) is 13.4. The van der Waals surface area contributed by atoms with Gasteiger partial charge in [0.1, 0.15) is 0 Å². The van der Waals surface area contributed by atoms with Crippen LogP contribution in [-0.2, 0) is 0 Å². The second kappa shape index (κ2) is 8.02. The monoisotopic (exact) mass is 277 g/mol. The van der Waals surface area contributed by atoms with Crippen molar-refractivity contribution in [2.24, 2.45) is 0 Å². The predicted molar refractivity (Wildman–Crippen MR) is 69.2 cm³/mol. The number of hydrogen-bond donors (Lipinski definition) is 2. The molecule has 1 aromatic heterocycles. The van der Waals surface area contributed by atoms with Gasteiger partial charge in [0.2, 0.25) is 11.9 Å². The number of nitrogens with one attached hydrogen (secondary N) is 2. The highest BCUT2D eigenvalue weighted by Gasteiger charge is 2.11. The molecule has 8 heteroatoms. The summed E-state index contributed by atoms with van der Waals surface area (Å²) in [4.78, 5) is 11.8. The van der Waals surface area contributed by atoms with Crippen LogP contribution >= 0.6 is 11.8 Å². The maximum atomic E-state index is 12.3. The standard InChI is InChI=1S/C10H17F2N5S/c1-3-4-5-6-14-9-15-8(13-2)16-10(17-9)18-7(11)12/h7H,3-6H2,1-2H3,(H2,13,14,15,16,17). The van der Waals surface area contributed by atoms with Crippen LogP contribution in [0.3, 0.4) is 0 Å². The van der Waals surface area contributed by atoms with E-state index >= 15 is 0 Å². The van der Waals surface area contributed by atoms with E-state index in [1.54, 1.807) is 7.05 Å². The highest BCUT2D eigenvalue weighted by atomic mass is 32.2.